The van der Waals surface area contributed by atoms with E-state index in [1.54, 1.807) is 17.3 Å². The van der Waals surface area contributed by atoms with Crippen LogP contribution in [-0.2, 0) is 14.4 Å². The number of carbonyl (C=O) groups is 3. The van der Waals surface area contributed by atoms with Crippen molar-refractivity contribution in [2.24, 2.45) is 10.9 Å². The summed E-state index contributed by atoms with van der Waals surface area (Å²) >= 11 is 0. The number of aryl methyl sites for hydroxylation is 1. The first-order chi connectivity index (χ1) is 13.5. The Labute approximate surface area is 162 Å². The van der Waals surface area contributed by atoms with E-state index in [0.717, 1.165) is 24.2 Å². The highest BCUT2D eigenvalue weighted by atomic mass is 16.2. The minimum absolute atomic E-state index is 0.215. The number of nitrogens with zero attached hydrogens (tertiary/aromatic N) is 4. The molecule has 0 saturated carbocycles. The number of nitrogens with two attached hydrogens (primary N) is 1. The molecule has 3 aliphatic rings. The van der Waals surface area contributed by atoms with Gasteiger partial charge in [-0.25, -0.2) is 5.01 Å². The van der Waals surface area contributed by atoms with E-state index in [-0.39, 0.29) is 18.2 Å². The summed E-state index contributed by atoms with van der Waals surface area (Å²) in [5.41, 5.74) is 2.92. The second-order valence-electron chi connectivity index (χ2n) is 7.14. The van der Waals surface area contributed by atoms with Gasteiger partial charge in [-0.3, -0.25) is 35.5 Å². The molecule has 3 amide bonds. The van der Waals surface area contributed by atoms with Gasteiger partial charge in [-0.2, -0.15) is 5.10 Å². The molecule has 4 rings (SSSR count). The Hall–Kier alpha value is -3.04. The number of piperidine rings is 1. The Morgan fingerprint density at radius 1 is 1.25 bits per heavy atom. The number of hydrogen-bond donors (Lipinski definition) is 2. The highest BCUT2D eigenvalue weighted by molar-refractivity contribution is 6.35. The third-order valence-electron chi connectivity index (χ3n) is 5.21. The number of amides is 3. The van der Waals surface area contributed by atoms with Crippen LogP contribution >= 0.6 is 0 Å². The monoisotopic (exact) mass is 382 g/mol. The highest BCUT2D eigenvalue weighted by Gasteiger charge is 2.42. The molecule has 0 radical (unpaired) electrons. The molecule has 0 spiro atoms. The van der Waals surface area contributed by atoms with Crippen molar-refractivity contribution in [3.63, 3.8) is 0 Å². The van der Waals surface area contributed by atoms with E-state index in [9.17, 15) is 14.4 Å². The Bertz CT molecular complexity index is 909. The van der Waals surface area contributed by atoms with Crippen LogP contribution in [-0.4, -0.2) is 59.8 Å². The molecule has 3 N–H and O–H groups in total. The maximum atomic E-state index is 13.2. The second kappa shape index (κ2) is 7.17. The Kier molecular flexibility index (Phi) is 4.70. The first-order valence-electron chi connectivity index (χ1n) is 9.22. The van der Waals surface area contributed by atoms with Gasteiger partial charge in [0, 0.05) is 24.7 Å². The van der Waals surface area contributed by atoms with Crippen LogP contribution in [0.15, 0.2) is 29.4 Å². The third-order valence-corrected chi connectivity index (χ3v) is 5.21. The summed E-state index contributed by atoms with van der Waals surface area (Å²) in [5, 5.41) is 10.2. The maximum absolute atomic E-state index is 13.2. The van der Waals surface area contributed by atoms with Crippen molar-refractivity contribution in [3.05, 3.63) is 35.4 Å². The van der Waals surface area contributed by atoms with Crippen LogP contribution < -0.4 is 16.1 Å². The van der Waals surface area contributed by atoms with Crippen molar-refractivity contribution in [1.29, 1.82) is 0 Å². The SMILES string of the molecule is Cc1cccc2c1/C(=C\C=N\N1CCN(N)C1)C(=O)N2C1CCC(=O)NC1=O. The van der Waals surface area contributed by atoms with E-state index < -0.39 is 11.9 Å². The molecule has 1 atom stereocenters. The summed E-state index contributed by atoms with van der Waals surface area (Å²) in [5.74, 6) is 4.73. The van der Waals surface area contributed by atoms with E-state index in [1.165, 1.54) is 4.90 Å². The van der Waals surface area contributed by atoms with Crippen molar-refractivity contribution in [1.82, 2.24) is 15.3 Å². The molecule has 28 heavy (non-hydrogen) atoms. The number of allylic oxidation sites excluding steroid dienone is 1. The van der Waals surface area contributed by atoms with E-state index >= 15 is 0 Å². The molecule has 9 nitrogen and oxygen atoms in total. The lowest BCUT2D eigenvalue weighted by molar-refractivity contribution is -0.135. The summed E-state index contributed by atoms with van der Waals surface area (Å²) in [6.07, 6.45) is 3.80. The van der Waals surface area contributed by atoms with Crippen molar-refractivity contribution in [2.75, 3.05) is 24.7 Å². The fourth-order valence-corrected chi connectivity index (χ4v) is 3.83. The van der Waals surface area contributed by atoms with Crippen LogP contribution in [0.25, 0.3) is 5.57 Å². The molecule has 146 valence electrons. The van der Waals surface area contributed by atoms with Gasteiger partial charge < -0.3 is 0 Å². The number of benzene rings is 1. The van der Waals surface area contributed by atoms with Gasteiger partial charge in [0.15, 0.2) is 0 Å². The standard InChI is InChI=1S/C19H22N6O3/c1-12-3-2-4-14-17(12)13(7-8-21-24-10-9-23(20)11-24)19(28)25(14)15-5-6-16(26)22-18(15)27/h2-4,7-8,15H,5-6,9-11,20H2,1H3,(H,22,26,27)/b13-7+,21-8+. The van der Waals surface area contributed by atoms with Gasteiger partial charge in [-0.15, -0.1) is 0 Å². The number of nitrogens with one attached hydrogen (secondary N) is 1. The zero-order chi connectivity index (χ0) is 19.8. The summed E-state index contributed by atoms with van der Waals surface area (Å²) in [7, 11) is 0. The van der Waals surface area contributed by atoms with Gasteiger partial charge in [0.2, 0.25) is 11.8 Å². The largest absolute Gasteiger partial charge is 0.295 e. The number of fused-ring (bicyclic) bond motifs is 1. The van der Waals surface area contributed by atoms with Crippen LogP contribution in [0.4, 0.5) is 5.69 Å². The smallest absolute Gasteiger partial charge is 0.259 e. The Morgan fingerprint density at radius 3 is 2.79 bits per heavy atom. The van der Waals surface area contributed by atoms with Crippen LogP contribution in [0.1, 0.15) is 24.0 Å². The molecule has 3 aliphatic heterocycles. The van der Waals surface area contributed by atoms with Gasteiger partial charge in [-0.1, -0.05) is 12.1 Å². The lowest BCUT2D eigenvalue weighted by Gasteiger charge is -2.29. The molecule has 1 aromatic carbocycles. The third kappa shape index (κ3) is 3.19. The normalized spacial score (nSPS) is 24.6. The molecule has 0 aromatic heterocycles. The first-order valence-corrected chi connectivity index (χ1v) is 9.22. The van der Waals surface area contributed by atoms with Crippen LogP contribution in [0.2, 0.25) is 0 Å². The summed E-state index contributed by atoms with van der Waals surface area (Å²) in [6.45, 7) is 3.92. The molecule has 9 heteroatoms. The minimum Gasteiger partial charge on any atom is -0.295 e. The molecular weight excluding hydrogens is 360 g/mol. The number of imide groups is 1. The average Bonchev–Trinajstić information content (AvgIpc) is 3.18. The lowest BCUT2D eigenvalue weighted by atomic mass is 10.0. The second-order valence-corrected chi connectivity index (χ2v) is 7.14. The van der Waals surface area contributed by atoms with Crippen molar-refractivity contribution >= 4 is 35.2 Å². The molecular formula is C19H22N6O3. The molecule has 2 saturated heterocycles. The van der Waals surface area contributed by atoms with Gasteiger partial charge in [-0.05, 0) is 31.1 Å². The summed E-state index contributed by atoms with van der Waals surface area (Å²) < 4.78 is 0. The predicted molar refractivity (Wildman–Crippen MR) is 104 cm³/mol. The fourth-order valence-electron chi connectivity index (χ4n) is 3.83. The van der Waals surface area contributed by atoms with Crippen molar-refractivity contribution < 1.29 is 14.4 Å². The number of anilines is 1. The number of hydrazine groups is 1. The average molecular weight is 382 g/mol. The quantitative estimate of drug-likeness (QED) is 0.329. The summed E-state index contributed by atoms with van der Waals surface area (Å²) in [6, 6.07) is 4.92. The van der Waals surface area contributed by atoms with Gasteiger partial charge in [0.25, 0.3) is 5.91 Å². The van der Waals surface area contributed by atoms with Crippen LogP contribution in [0.3, 0.4) is 0 Å². The van der Waals surface area contributed by atoms with Crippen molar-refractivity contribution in [2.45, 2.75) is 25.8 Å². The zero-order valence-corrected chi connectivity index (χ0v) is 15.6. The molecule has 0 bridgehead atoms. The Morgan fingerprint density at radius 2 is 2.07 bits per heavy atom. The molecule has 1 aromatic rings. The van der Waals surface area contributed by atoms with E-state index in [2.05, 4.69) is 10.4 Å². The van der Waals surface area contributed by atoms with E-state index in [0.29, 0.717) is 24.4 Å². The van der Waals surface area contributed by atoms with Gasteiger partial charge in [0.05, 0.1) is 17.8 Å². The van der Waals surface area contributed by atoms with Gasteiger partial charge >= 0.3 is 0 Å². The minimum atomic E-state index is -0.696. The van der Waals surface area contributed by atoms with Crippen molar-refractivity contribution in [3.8, 4) is 0 Å². The lowest BCUT2D eigenvalue weighted by Crippen LogP contribution is -2.53. The number of rotatable bonds is 3. The molecule has 0 aliphatic carbocycles. The first kappa shape index (κ1) is 18.3. The van der Waals surface area contributed by atoms with E-state index in [4.69, 9.17) is 5.84 Å². The maximum Gasteiger partial charge on any atom is 0.259 e. The van der Waals surface area contributed by atoms with Crippen LogP contribution in [0.5, 0.6) is 0 Å². The van der Waals surface area contributed by atoms with E-state index in [1.807, 2.05) is 30.1 Å². The summed E-state index contributed by atoms with van der Waals surface area (Å²) in [4.78, 5) is 38.6. The number of carbonyl (C=O) groups excluding carboxylic acids is 3. The Balaban J connectivity index is 1.66. The fraction of sp³-hybridized carbons (Fsp3) is 0.368. The molecule has 3 heterocycles. The molecule has 2 fully saturated rings. The number of hydrogen-bond acceptors (Lipinski definition) is 7. The zero-order valence-electron chi connectivity index (χ0n) is 15.6. The van der Waals surface area contributed by atoms with Gasteiger partial charge in [0.1, 0.15) is 12.7 Å². The van der Waals surface area contributed by atoms with Crippen LogP contribution in [0, 0.1) is 6.92 Å². The number of hydrazone groups is 1. The topological polar surface area (TPSA) is 111 Å². The highest BCUT2D eigenvalue weighted by Crippen LogP contribution is 2.40. The predicted octanol–water partition coefficient (Wildman–Crippen LogP) is -0.0352. The molecule has 1 unspecified atom stereocenters.